The zero-order chi connectivity index (χ0) is 13.8. The minimum absolute atomic E-state index is 0.112. The molecule has 0 saturated carbocycles. The summed E-state index contributed by atoms with van der Waals surface area (Å²) in [5, 5.41) is 2.82. The Kier molecular flexibility index (Phi) is 4.21. The van der Waals surface area contributed by atoms with E-state index in [2.05, 4.69) is 15.3 Å². The number of halogens is 1. The molecule has 0 aliphatic heterocycles. The molecule has 102 valence electrons. The summed E-state index contributed by atoms with van der Waals surface area (Å²) >= 11 is 5.90. The number of imidazole rings is 1. The number of carbonyl (C=O) groups is 1. The van der Waals surface area contributed by atoms with Crippen molar-refractivity contribution in [2.24, 2.45) is 0 Å². The fraction of sp³-hybridized carbons (Fsp3) is 0.417. The number of rotatable bonds is 4. The second kappa shape index (κ2) is 5.88. The van der Waals surface area contributed by atoms with Gasteiger partial charge in [0.25, 0.3) is 0 Å². The number of nitrogens with one attached hydrogen (secondary N) is 1. The highest BCUT2D eigenvalue weighted by Crippen LogP contribution is 2.15. The summed E-state index contributed by atoms with van der Waals surface area (Å²) in [6.07, 6.45) is 3.43. The van der Waals surface area contributed by atoms with Crippen molar-refractivity contribution in [1.82, 2.24) is 24.8 Å². The van der Waals surface area contributed by atoms with Crippen LogP contribution in [0.3, 0.4) is 0 Å². The Morgan fingerprint density at radius 2 is 2.32 bits per heavy atom. The molecular weight excluding hydrogens is 266 g/mol. The van der Waals surface area contributed by atoms with E-state index in [9.17, 15) is 4.79 Å². The largest absolute Gasteiger partial charge is 0.336 e. The summed E-state index contributed by atoms with van der Waals surface area (Å²) in [7, 11) is 3.41. The maximum absolute atomic E-state index is 11.4. The molecule has 0 spiro atoms. The Labute approximate surface area is 116 Å². The first-order chi connectivity index (χ1) is 9.13. The van der Waals surface area contributed by atoms with Crippen molar-refractivity contribution >= 4 is 28.7 Å². The topological polar surface area (TPSA) is 63.1 Å². The first kappa shape index (κ1) is 13.6. The highest BCUT2D eigenvalue weighted by molar-refractivity contribution is 6.16. The van der Waals surface area contributed by atoms with Gasteiger partial charge in [-0.05, 0) is 6.07 Å². The monoisotopic (exact) mass is 281 g/mol. The predicted molar refractivity (Wildman–Crippen MR) is 74.2 cm³/mol. The molecule has 2 rings (SSSR count). The SMILES string of the molecule is CN(C)C(=O)NCCn1c(CCl)nc2cnccc21. The number of carbonyl (C=O) groups excluding carboxylic acids is 1. The average Bonchev–Trinajstić information content (AvgIpc) is 2.76. The molecule has 0 aliphatic carbocycles. The third-order valence-electron chi connectivity index (χ3n) is 2.77. The molecule has 0 atom stereocenters. The summed E-state index contributed by atoms with van der Waals surface area (Å²) in [6.45, 7) is 1.15. The molecule has 0 aliphatic rings. The first-order valence-electron chi connectivity index (χ1n) is 5.93. The van der Waals surface area contributed by atoms with Crippen LogP contribution in [0, 0.1) is 0 Å². The van der Waals surface area contributed by atoms with Gasteiger partial charge in [-0.3, -0.25) is 4.98 Å². The number of hydrogen-bond acceptors (Lipinski definition) is 3. The van der Waals surface area contributed by atoms with Crippen LogP contribution in [0.15, 0.2) is 18.5 Å². The molecule has 0 aromatic carbocycles. The normalized spacial score (nSPS) is 10.7. The lowest BCUT2D eigenvalue weighted by Gasteiger charge is -2.13. The van der Waals surface area contributed by atoms with Gasteiger partial charge in [0.05, 0.1) is 17.6 Å². The van der Waals surface area contributed by atoms with E-state index in [4.69, 9.17) is 11.6 Å². The van der Waals surface area contributed by atoms with Crippen LogP contribution < -0.4 is 5.32 Å². The lowest BCUT2D eigenvalue weighted by Crippen LogP contribution is -2.36. The smallest absolute Gasteiger partial charge is 0.316 e. The van der Waals surface area contributed by atoms with Gasteiger partial charge in [0.2, 0.25) is 0 Å². The number of alkyl halides is 1. The van der Waals surface area contributed by atoms with Crippen LogP contribution in [0.4, 0.5) is 4.79 Å². The van der Waals surface area contributed by atoms with E-state index in [1.165, 1.54) is 4.90 Å². The van der Waals surface area contributed by atoms with Crippen LogP contribution in [-0.2, 0) is 12.4 Å². The molecule has 2 aromatic heterocycles. The summed E-state index contributed by atoms with van der Waals surface area (Å²) < 4.78 is 2.00. The second-order valence-electron chi connectivity index (χ2n) is 4.30. The van der Waals surface area contributed by atoms with Gasteiger partial charge < -0.3 is 14.8 Å². The Hall–Kier alpha value is -1.82. The number of pyridine rings is 1. The molecule has 1 N–H and O–H groups in total. The fourth-order valence-corrected chi connectivity index (χ4v) is 2.02. The molecule has 2 amide bonds. The van der Waals surface area contributed by atoms with E-state index < -0.39 is 0 Å². The second-order valence-corrected chi connectivity index (χ2v) is 4.57. The van der Waals surface area contributed by atoms with Crippen molar-refractivity contribution in [3.63, 3.8) is 0 Å². The Morgan fingerprint density at radius 1 is 1.53 bits per heavy atom. The quantitative estimate of drug-likeness (QED) is 0.863. The molecule has 19 heavy (non-hydrogen) atoms. The molecule has 2 heterocycles. The van der Waals surface area contributed by atoms with Crippen LogP contribution in [0.1, 0.15) is 5.82 Å². The third-order valence-corrected chi connectivity index (χ3v) is 3.01. The van der Waals surface area contributed by atoms with Gasteiger partial charge in [0, 0.05) is 33.4 Å². The molecule has 0 bridgehead atoms. The number of hydrogen-bond donors (Lipinski definition) is 1. The zero-order valence-corrected chi connectivity index (χ0v) is 11.7. The van der Waals surface area contributed by atoms with Crippen LogP contribution in [0.25, 0.3) is 11.0 Å². The highest BCUT2D eigenvalue weighted by atomic mass is 35.5. The molecule has 0 saturated heterocycles. The molecule has 6 nitrogen and oxygen atoms in total. The minimum Gasteiger partial charge on any atom is -0.336 e. The zero-order valence-electron chi connectivity index (χ0n) is 10.9. The van der Waals surface area contributed by atoms with E-state index in [1.54, 1.807) is 26.5 Å². The highest BCUT2D eigenvalue weighted by Gasteiger charge is 2.10. The van der Waals surface area contributed by atoms with E-state index in [-0.39, 0.29) is 6.03 Å². The van der Waals surface area contributed by atoms with Crippen molar-refractivity contribution in [2.45, 2.75) is 12.4 Å². The molecule has 7 heteroatoms. The molecule has 0 radical (unpaired) electrons. The Morgan fingerprint density at radius 3 is 3.00 bits per heavy atom. The lowest BCUT2D eigenvalue weighted by atomic mass is 10.4. The van der Waals surface area contributed by atoms with Gasteiger partial charge in [-0.15, -0.1) is 11.6 Å². The number of urea groups is 1. The van der Waals surface area contributed by atoms with E-state index >= 15 is 0 Å². The van der Waals surface area contributed by atoms with Gasteiger partial charge in [-0.2, -0.15) is 0 Å². The molecular formula is C12H16ClN5O. The van der Waals surface area contributed by atoms with Crippen molar-refractivity contribution in [2.75, 3.05) is 20.6 Å². The van der Waals surface area contributed by atoms with Gasteiger partial charge in [-0.1, -0.05) is 0 Å². The molecule has 2 aromatic rings. The molecule has 0 unspecified atom stereocenters. The van der Waals surface area contributed by atoms with E-state index in [0.29, 0.717) is 19.0 Å². The van der Waals surface area contributed by atoms with Gasteiger partial charge >= 0.3 is 6.03 Å². The summed E-state index contributed by atoms with van der Waals surface area (Å²) in [5.41, 5.74) is 1.79. The third kappa shape index (κ3) is 2.96. The number of fused-ring (bicyclic) bond motifs is 1. The number of nitrogens with zero attached hydrogens (tertiary/aromatic N) is 4. The lowest BCUT2D eigenvalue weighted by molar-refractivity contribution is 0.217. The van der Waals surface area contributed by atoms with Crippen LogP contribution >= 0.6 is 11.6 Å². The summed E-state index contributed by atoms with van der Waals surface area (Å²) in [6, 6.07) is 1.78. The van der Waals surface area contributed by atoms with E-state index in [1.807, 2.05) is 10.6 Å². The van der Waals surface area contributed by atoms with Gasteiger partial charge in [0.1, 0.15) is 11.3 Å². The Balaban J connectivity index is 2.13. The van der Waals surface area contributed by atoms with E-state index in [0.717, 1.165) is 16.9 Å². The van der Waals surface area contributed by atoms with Crippen LogP contribution in [0.2, 0.25) is 0 Å². The van der Waals surface area contributed by atoms with Crippen molar-refractivity contribution < 1.29 is 4.79 Å². The Bertz CT molecular complexity index is 581. The minimum atomic E-state index is -0.112. The average molecular weight is 282 g/mol. The van der Waals surface area contributed by atoms with Gasteiger partial charge in [-0.25, -0.2) is 9.78 Å². The summed E-state index contributed by atoms with van der Waals surface area (Å²) in [4.78, 5) is 21.4. The summed E-state index contributed by atoms with van der Waals surface area (Å²) in [5.74, 6) is 1.11. The van der Waals surface area contributed by atoms with Crippen LogP contribution in [0.5, 0.6) is 0 Å². The van der Waals surface area contributed by atoms with Gasteiger partial charge in [0.15, 0.2) is 0 Å². The first-order valence-corrected chi connectivity index (χ1v) is 6.47. The van der Waals surface area contributed by atoms with Crippen molar-refractivity contribution in [3.8, 4) is 0 Å². The standard InChI is InChI=1S/C12H16ClN5O/c1-17(2)12(19)15-5-6-18-10-3-4-14-8-9(10)16-11(18)7-13/h3-4,8H,5-7H2,1-2H3,(H,15,19). The van der Waals surface area contributed by atoms with Crippen molar-refractivity contribution in [3.05, 3.63) is 24.3 Å². The fourth-order valence-electron chi connectivity index (χ4n) is 1.82. The van der Waals surface area contributed by atoms with Crippen molar-refractivity contribution in [1.29, 1.82) is 0 Å². The predicted octanol–water partition coefficient (Wildman–Crippen LogP) is 1.44. The molecule has 0 fully saturated rings. The number of aromatic nitrogens is 3. The maximum atomic E-state index is 11.4. The number of amides is 2. The maximum Gasteiger partial charge on any atom is 0.316 e. The van der Waals surface area contributed by atoms with Crippen LogP contribution in [-0.4, -0.2) is 46.1 Å².